The molecule has 2 rings (SSSR count). The van der Waals surface area contributed by atoms with Gasteiger partial charge >= 0.3 is 5.69 Å². The van der Waals surface area contributed by atoms with Crippen molar-refractivity contribution < 1.29 is 14.4 Å². The number of para-hydroxylation sites is 2. The van der Waals surface area contributed by atoms with E-state index in [1.165, 1.54) is 6.07 Å². The van der Waals surface area contributed by atoms with E-state index in [1.54, 1.807) is 18.2 Å². The molecular weight excluding hydrogens is 198 g/mol. The third-order valence-electron chi connectivity index (χ3n) is 2.30. The Morgan fingerprint density at radius 1 is 1.53 bits per heavy atom. The number of rotatable bonds is 4. The zero-order valence-corrected chi connectivity index (χ0v) is 8.25. The second-order valence-corrected chi connectivity index (χ2v) is 3.42. The molecule has 1 aliphatic rings. The van der Waals surface area contributed by atoms with E-state index in [0.29, 0.717) is 12.4 Å². The van der Waals surface area contributed by atoms with Gasteiger partial charge in [-0.2, -0.15) is 0 Å². The lowest BCUT2D eigenvalue weighted by Gasteiger charge is -2.03. The van der Waals surface area contributed by atoms with E-state index < -0.39 is 4.92 Å². The van der Waals surface area contributed by atoms with Gasteiger partial charge in [0.05, 0.1) is 11.0 Å². The number of hydrogen-bond acceptors (Lipinski definition) is 4. The molecule has 0 spiro atoms. The number of hydrogen-bond donors (Lipinski definition) is 0. The minimum atomic E-state index is -0.452. The zero-order valence-electron chi connectivity index (χ0n) is 8.25. The van der Waals surface area contributed by atoms with Crippen LogP contribution in [0.5, 0.6) is 5.75 Å². The smallest absolute Gasteiger partial charge is 0.310 e. The lowest BCUT2D eigenvalue weighted by Crippen LogP contribution is -2.07. The Hall–Kier alpha value is -1.62. The van der Waals surface area contributed by atoms with Crippen LogP contribution in [0.25, 0.3) is 0 Å². The third-order valence-corrected chi connectivity index (χ3v) is 2.30. The van der Waals surface area contributed by atoms with Crippen LogP contribution in [0.3, 0.4) is 0 Å². The highest BCUT2D eigenvalue weighted by Crippen LogP contribution is 2.28. The van der Waals surface area contributed by atoms with Crippen molar-refractivity contribution in [3.8, 4) is 5.75 Å². The maximum Gasteiger partial charge on any atom is 0.310 e. The van der Waals surface area contributed by atoms with E-state index in [-0.39, 0.29) is 17.9 Å². The summed E-state index contributed by atoms with van der Waals surface area (Å²) < 4.78 is 10.5. The highest BCUT2D eigenvalue weighted by atomic mass is 16.6. The molecule has 5 heteroatoms. The monoisotopic (exact) mass is 209 g/mol. The van der Waals surface area contributed by atoms with Gasteiger partial charge in [0.25, 0.3) is 0 Å². The van der Waals surface area contributed by atoms with Crippen molar-refractivity contribution >= 4 is 5.69 Å². The van der Waals surface area contributed by atoms with Crippen LogP contribution in [0.4, 0.5) is 5.69 Å². The number of nitro groups is 1. The van der Waals surface area contributed by atoms with Gasteiger partial charge in [-0.25, -0.2) is 0 Å². The van der Waals surface area contributed by atoms with Crippen LogP contribution in [0.2, 0.25) is 0 Å². The molecule has 15 heavy (non-hydrogen) atoms. The van der Waals surface area contributed by atoms with Crippen LogP contribution in [0.1, 0.15) is 6.92 Å². The Balaban J connectivity index is 2.03. The molecule has 2 atom stereocenters. The Morgan fingerprint density at radius 2 is 2.20 bits per heavy atom. The zero-order chi connectivity index (χ0) is 10.8. The van der Waals surface area contributed by atoms with E-state index in [1.807, 2.05) is 6.92 Å². The topological polar surface area (TPSA) is 64.9 Å². The van der Waals surface area contributed by atoms with Gasteiger partial charge in [0, 0.05) is 6.07 Å². The third kappa shape index (κ3) is 2.24. The predicted molar refractivity (Wildman–Crippen MR) is 52.9 cm³/mol. The summed E-state index contributed by atoms with van der Waals surface area (Å²) in [5, 5.41) is 10.6. The van der Waals surface area contributed by atoms with Gasteiger partial charge in [0.2, 0.25) is 0 Å². The molecule has 1 heterocycles. The molecule has 0 bridgehead atoms. The summed E-state index contributed by atoms with van der Waals surface area (Å²) in [5.41, 5.74) is -0.00852. The van der Waals surface area contributed by atoms with Crippen LogP contribution in [-0.4, -0.2) is 23.7 Å². The van der Waals surface area contributed by atoms with Crippen LogP contribution in [0.15, 0.2) is 24.3 Å². The van der Waals surface area contributed by atoms with Crippen molar-refractivity contribution in [2.45, 2.75) is 19.1 Å². The number of ether oxygens (including phenoxy) is 2. The summed E-state index contributed by atoms with van der Waals surface area (Å²) in [5.74, 6) is 0.296. The molecule has 1 aliphatic heterocycles. The molecule has 1 aromatic carbocycles. The molecule has 80 valence electrons. The summed E-state index contributed by atoms with van der Waals surface area (Å²) in [6.07, 6.45) is 0.276. The van der Waals surface area contributed by atoms with Gasteiger partial charge in [-0.1, -0.05) is 12.1 Å². The molecule has 1 fully saturated rings. The highest BCUT2D eigenvalue weighted by molar-refractivity contribution is 5.45. The summed E-state index contributed by atoms with van der Waals surface area (Å²) in [4.78, 5) is 10.2. The molecule has 0 saturated carbocycles. The predicted octanol–water partition coefficient (Wildman–Crippen LogP) is 1.76. The molecular formula is C10H11NO4. The second-order valence-electron chi connectivity index (χ2n) is 3.42. The maximum absolute atomic E-state index is 10.6. The average Bonchev–Trinajstić information content (AvgIpc) is 2.92. The van der Waals surface area contributed by atoms with E-state index in [2.05, 4.69) is 0 Å². The summed E-state index contributed by atoms with van der Waals surface area (Å²) in [7, 11) is 0. The van der Waals surface area contributed by atoms with E-state index in [0.717, 1.165) is 0 Å². The number of benzene rings is 1. The summed E-state index contributed by atoms with van der Waals surface area (Å²) in [6.45, 7) is 2.31. The minimum absolute atomic E-state index is 0.00852. The van der Waals surface area contributed by atoms with E-state index >= 15 is 0 Å². The van der Waals surface area contributed by atoms with Crippen LogP contribution >= 0.6 is 0 Å². The van der Waals surface area contributed by atoms with Crippen LogP contribution < -0.4 is 4.74 Å². The van der Waals surface area contributed by atoms with Crippen molar-refractivity contribution in [3.05, 3.63) is 34.4 Å². The van der Waals surface area contributed by atoms with Gasteiger partial charge in [-0.15, -0.1) is 0 Å². The van der Waals surface area contributed by atoms with Crippen molar-refractivity contribution in [2.75, 3.05) is 6.61 Å². The van der Waals surface area contributed by atoms with Crippen molar-refractivity contribution in [2.24, 2.45) is 0 Å². The molecule has 1 saturated heterocycles. The second kappa shape index (κ2) is 3.86. The van der Waals surface area contributed by atoms with E-state index in [9.17, 15) is 10.1 Å². The lowest BCUT2D eigenvalue weighted by atomic mass is 10.3. The van der Waals surface area contributed by atoms with Crippen molar-refractivity contribution in [1.82, 2.24) is 0 Å². The molecule has 0 aromatic heterocycles. The van der Waals surface area contributed by atoms with Crippen molar-refractivity contribution in [3.63, 3.8) is 0 Å². The van der Waals surface area contributed by atoms with Gasteiger partial charge < -0.3 is 9.47 Å². The normalized spacial score (nSPS) is 23.5. The summed E-state index contributed by atoms with van der Waals surface area (Å²) in [6, 6.07) is 6.33. The van der Waals surface area contributed by atoms with Crippen molar-refractivity contribution in [1.29, 1.82) is 0 Å². The van der Waals surface area contributed by atoms with Gasteiger partial charge in [-0.05, 0) is 13.0 Å². The molecule has 0 N–H and O–H groups in total. The largest absolute Gasteiger partial charge is 0.484 e. The molecule has 0 aliphatic carbocycles. The van der Waals surface area contributed by atoms with Crippen LogP contribution in [0, 0.1) is 10.1 Å². The first kappa shape index (κ1) is 9.92. The Labute approximate surface area is 86.8 Å². The number of epoxide rings is 1. The van der Waals surface area contributed by atoms with E-state index in [4.69, 9.17) is 9.47 Å². The lowest BCUT2D eigenvalue weighted by molar-refractivity contribution is -0.385. The fourth-order valence-corrected chi connectivity index (χ4v) is 1.31. The SMILES string of the molecule is C[C@@H]1O[C@H]1COc1ccccc1[N+](=O)[O-]. The van der Waals surface area contributed by atoms with Crippen LogP contribution in [-0.2, 0) is 4.74 Å². The number of nitro benzene ring substituents is 1. The standard InChI is InChI=1S/C10H11NO4/c1-7-10(15-7)6-14-9-5-3-2-4-8(9)11(12)13/h2-5,7,10H,6H2,1H3/t7-,10-/m0/s1. The van der Waals surface area contributed by atoms with Gasteiger partial charge in [-0.3, -0.25) is 10.1 Å². The molecule has 5 nitrogen and oxygen atoms in total. The van der Waals surface area contributed by atoms with Gasteiger partial charge in [0.15, 0.2) is 5.75 Å². The first-order chi connectivity index (χ1) is 7.18. The molecule has 0 radical (unpaired) electrons. The fourth-order valence-electron chi connectivity index (χ4n) is 1.31. The fraction of sp³-hybridized carbons (Fsp3) is 0.400. The Kier molecular flexibility index (Phi) is 2.55. The average molecular weight is 209 g/mol. The first-order valence-corrected chi connectivity index (χ1v) is 4.70. The number of nitrogens with zero attached hydrogens (tertiary/aromatic N) is 1. The molecule has 1 aromatic rings. The summed E-state index contributed by atoms with van der Waals surface area (Å²) >= 11 is 0. The quantitative estimate of drug-likeness (QED) is 0.430. The highest BCUT2D eigenvalue weighted by Gasteiger charge is 2.35. The maximum atomic E-state index is 10.6. The molecule has 0 unspecified atom stereocenters. The first-order valence-electron chi connectivity index (χ1n) is 4.70. The Bertz CT molecular complexity index is 379. The minimum Gasteiger partial charge on any atom is -0.484 e. The van der Waals surface area contributed by atoms with Gasteiger partial charge in [0.1, 0.15) is 12.7 Å². The Morgan fingerprint density at radius 3 is 2.80 bits per heavy atom. The molecule has 0 amide bonds.